The summed E-state index contributed by atoms with van der Waals surface area (Å²) in [5.74, 6) is 1.06. The molecule has 1 unspecified atom stereocenters. The molecule has 2 aliphatic rings. The van der Waals surface area contributed by atoms with E-state index in [0.29, 0.717) is 6.04 Å². The van der Waals surface area contributed by atoms with E-state index in [-0.39, 0.29) is 6.10 Å². The first-order chi connectivity index (χ1) is 10.7. The summed E-state index contributed by atoms with van der Waals surface area (Å²) in [6.07, 6.45) is 6.30. The molecule has 6 heteroatoms. The number of thioether (sulfide) groups is 1. The van der Waals surface area contributed by atoms with Crippen LogP contribution in [-0.4, -0.2) is 64.6 Å². The van der Waals surface area contributed by atoms with Crippen molar-refractivity contribution in [1.29, 1.82) is 0 Å². The molecule has 1 atom stereocenters. The lowest BCUT2D eigenvalue weighted by Gasteiger charge is -2.41. The van der Waals surface area contributed by atoms with Crippen LogP contribution in [0.25, 0.3) is 0 Å². The van der Waals surface area contributed by atoms with Gasteiger partial charge >= 0.3 is 0 Å². The standard InChI is InChI=1S/C16H26N4OS/c1-12-10-15(18-16(17-12)22-2)19-8-5-13(6-9-19)20-7-3-4-14(21)11-20/h10,13-14,21H,3-9,11H2,1-2H3. The molecule has 0 spiro atoms. The molecule has 2 fully saturated rings. The lowest BCUT2D eigenvalue weighted by molar-refractivity contribution is 0.0398. The largest absolute Gasteiger partial charge is 0.392 e. The molecule has 3 heterocycles. The van der Waals surface area contributed by atoms with Gasteiger partial charge in [0.05, 0.1) is 6.10 Å². The summed E-state index contributed by atoms with van der Waals surface area (Å²) in [6.45, 7) is 6.12. The number of piperidine rings is 2. The number of aliphatic hydroxyl groups is 1. The van der Waals surface area contributed by atoms with Gasteiger partial charge in [-0.3, -0.25) is 4.90 Å². The van der Waals surface area contributed by atoms with Crippen molar-refractivity contribution < 1.29 is 5.11 Å². The maximum atomic E-state index is 9.86. The summed E-state index contributed by atoms with van der Waals surface area (Å²) < 4.78 is 0. The van der Waals surface area contributed by atoms with E-state index in [1.807, 2.05) is 13.2 Å². The molecule has 0 radical (unpaired) electrons. The normalized spacial score (nSPS) is 24.7. The predicted octanol–water partition coefficient (Wildman–Crippen LogP) is 1.93. The molecule has 2 saturated heterocycles. The Balaban J connectivity index is 1.60. The minimum Gasteiger partial charge on any atom is -0.392 e. The monoisotopic (exact) mass is 322 g/mol. The van der Waals surface area contributed by atoms with E-state index >= 15 is 0 Å². The fraction of sp³-hybridized carbons (Fsp3) is 0.750. The number of aliphatic hydroxyl groups excluding tert-OH is 1. The number of nitrogens with zero attached hydrogens (tertiary/aromatic N) is 4. The zero-order valence-corrected chi connectivity index (χ0v) is 14.3. The van der Waals surface area contributed by atoms with Crippen LogP contribution in [0.2, 0.25) is 0 Å². The van der Waals surface area contributed by atoms with Crippen LogP contribution in [0.1, 0.15) is 31.4 Å². The smallest absolute Gasteiger partial charge is 0.189 e. The quantitative estimate of drug-likeness (QED) is 0.678. The Morgan fingerprint density at radius 1 is 1.18 bits per heavy atom. The molecule has 0 saturated carbocycles. The summed E-state index contributed by atoms with van der Waals surface area (Å²) in [4.78, 5) is 14.0. The highest BCUT2D eigenvalue weighted by Crippen LogP contribution is 2.25. The molecule has 0 aromatic carbocycles. The summed E-state index contributed by atoms with van der Waals surface area (Å²) in [5, 5.41) is 10.7. The number of anilines is 1. The maximum Gasteiger partial charge on any atom is 0.189 e. The van der Waals surface area contributed by atoms with Crippen molar-refractivity contribution in [3.63, 3.8) is 0 Å². The van der Waals surface area contributed by atoms with Crippen LogP contribution in [0, 0.1) is 6.92 Å². The zero-order valence-electron chi connectivity index (χ0n) is 13.5. The summed E-state index contributed by atoms with van der Waals surface area (Å²) in [6, 6.07) is 2.71. The van der Waals surface area contributed by atoms with Crippen molar-refractivity contribution in [3.05, 3.63) is 11.8 Å². The van der Waals surface area contributed by atoms with Crippen molar-refractivity contribution in [1.82, 2.24) is 14.9 Å². The average molecular weight is 322 g/mol. The Labute approximate surface area is 137 Å². The number of likely N-dealkylation sites (tertiary alicyclic amines) is 1. The van der Waals surface area contributed by atoms with Gasteiger partial charge in [-0.2, -0.15) is 0 Å². The topological polar surface area (TPSA) is 52.5 Å². The van der Waals surface area contributed by atoms with Crippen molar-refractivity contribution in [2.45, 2.75) is 49.9 Å². The van der Waals surface area contributed by atoms with E-state index in [9.17, 15) is 5.11 Å². The first-order valence-corrected chi connectivity index (χ1v) is 9.45. The second-order valence-corrected chi connectivity index (χ2v) is 7.14. The summed E-state index contributed by atoms with van der Waals surface area (Å²) >= 11 is 1.60. The average Bonchev–Trinajstić information content (AvgIpc) is 2.54. The molecule has 1 aromatic heterocycles. The van der Waals surface area contributed by atoms with E-state index in [4.69, 9.17) is 0 Å². The maximum absolute atomic E-state index is 9.86. The van der Waals surface area contributed by atoms with Gasteiger partial charge in [0.15, 0.2) is 5.16 Å². The van der Waals surface area contributed by atoms with Gasteiger partial charge in [0.2, 0.25) is 0 Å². The number of rotatable bonds is 3. The Hall–Kier alpha value is -0.850. The molecule has 22 heavy (non-hydrogen) atoms. The Morgan fingerprint density at radius 2 is 1.95 bits per heavy atom. The lowest BCUT2D eigenvalue weighted by Crippen LogP contribution is -2.49. The van der Waals surface area contributed by atoms with Crippen LogP contribution >= 0.6 is 11.8 Å². The number of aryl methyl sites for hydroxylation is 1. The van der Waals surface area contributed by atoms with E-state index in [1.54, 1.807) is 11.8 Å². The minimum atomic E-state index is -0.125. The van der Waals surface area contributed by atoms with E-state index < -0.39 is 0 Å². The van der Waals surface area contributed by atoms with Gasteiger partial charge in [-0.15, -0.1) is 0 Å². The molecule has 1 N–H and O–H groups in total. The first-order valence-electron chi connectivity index (χ1n) is 8.22. The second-order valence-electron chi connectivity index (χ2n) is 6.36. The Kier molecular flexibility index (Phi) is 5.21. The van der Waals surface area contributed by atoms with Crippen LogP contribution in [0.15, 0.2) is 11.2 Å². The lowest BCUT2D eigenvalue weighted by atomic mass is 9.99. The van der Waals surface area contributed by atoms with Crippen LogP contribution in [0.4, 0.5) is 5.82 Å². The minimum absolute atomic E-state index is 0.125. The van der Waals surface area contributed by atoms with Crippen LogP contribution in [0.5, 0.6) is 0 Å². The van der Waals surface area contributed by atoms with E-state index in [0.717, 1.165) is 68.5 Å². The second kappa shape index (κ2) is 7.15. The van der Waals surface area contributed by atoms with Gasteiger partial charge in [-0.1, -0.05) is 11.8 Å². The number of hydrogen-bond donors (Lipinski definition) is 1. The molecule has 122 valence electrons. The van der Waals surface area contributed by atoms with Crippen LogP contribution in [0.3, 0.4) is 0 Å². The van der Waals surface area contributed by atoms with Crippen molar-refractivity contribution in [2.75, 3.05) is 37.3 Å². The molecule has 2 aliphatic heterocycles. The Bertz CT molecular complexity index is 505. The summed E-state index contributed by atoms with van der Waals surface area (Å²) in [7, 11) is 0. The molecular weight excluding hydrogens is 296 g/mol. The van der Waals surface area contributed by atoms with Gasteiger partial charge in [0, 0.05) is 37.4 Å². The molecule has 0 amide bonds. The highest BCUT2D eigenvalue weighted by Gasteiger charge is 2.28. The fourth-order valence-corrected chi connectivity index (χ4v) is 3.97. The molecular formula is C16H26N4OS. The van der Waals surface area contributed by atoms with Crippen molar-refractivity contribution >= 4 is 17.6 Å². The SMILES string of the molecule is CSc1nc(C)cc(N2CCC(N3CCCC(O)C3)CC2)n1. The molecule has 0 aliphatic carbocycles. The van der Waals surface area contributed by atoms with Gasteiger partial charge in [0.25, 0.3) is 0 Å². The molecule has 3 rings (SSSR count). The van der Waals surface area contributed by atoms with Crippen molar-refractivity contribution in [2.24, 2.45) is 0 Å². The highest BCUT2D eigenvalue weighted by molar-refractivity contribution is 7.98. The van der Waals surface area contributed by atoms with Gasteiger partial charge < -0.3 is 10.0 Å². The van der Waals surface area contributed by atoms with Gasteiger partial charge in [0.1, 0.15) is 5.82 Å². The Morgan fingerprint density at radius 3 is 2.64 bits per heavy atom. The zero-order chi connectivity index (χ0) is 15.5. The highest BCUT2D eigenvalue weighted by atomic mass is 32.2. The van der Waals surface area contributed by atoms with Crippen LogP contribution < -0.4 is 4.90 Å². The van der Waals surface area contributed by atoms with E-state index in [1.165, 1.54) is 0 Å². The molecule has 0 bridgehead atoms. The third-order valence-corrected chi connectivity index (χ3v) is 5.28. The third kappa shape index (κ3) is 3.73. The van der Waals surface area contributed by atoms with Gasteiger partial charge in [-0.25, -0.2) is 9.97 Å². The third-order valence-electron chi connectivity index (χ3n) is 4.74. The fourth-order valence-electron chi connectivity index (χ4n) is 3.55. The molecule has 1 aromatic rings. The first kappa shape index (κ1) is 16.0. The van der Waals surface area contributed by atoms with Crippen molar-refractivity contribution in [3.8, 4) is 0 Å². The number of β-amino-alcohol motifs (C(OH)–C–C–N with tert-alkyl or cyclic N) is 1. The molecule has 5 nitrogen and oxygen atoms in total. The van der Waals surface area contributed by atoms with Gasteiger partial charge in [-0.05, 0) is 45.4 Å². The van der Waals surface area contributed by atoms with E-state index in [2.05, 4.69) is 25.8 Å². The number of hydrogen-bond acceptors (Lipinski definition) is 6. The van der Waals surface area contributed by atoms with Crippen LogP contribution in [-0.2, 0) is 0 Å². The predicted molar refractivity (Wildman–Crippen MR) is 90.6 cm³/mol. The summed E-state index contributed by atoms with van der Waals surface area (Å²) in [5.41, 5.74) is 1.04. The number of aromatic nitrogens is 2.